The average molecular weight is 368 g/mol. The molecule has 1 heterocycles. The average Bonchev–Trinajstić information content (AvgIpc) is 2.85. The summed E-state index contributed by atoms with van der Waals surface area (Å²) in [5.74, 6) is 0.690. The van der Waals surface area contributed by atoms with Crippen LogP contribution in [0.25, 0.3) is 11.0 Å². The summed E-state index contributed by atoms with van der Waals surface area (Å²) in [5, 5.41) is 0. The van der Waals surface area contributed by atoms with Crippen molar-refractivity contribution in [3.8, 4) is 5.75 Å². The molecular formula is C21H24N2O4. The summed E-state index contributed by atoms with van der Waals surface area (Å²) < 4.78 is 13.5. The highest BCUT2D eigenvalue weighted by atomic mass is 16.6. The minimum absolute atomic E-state index is 0.290. The summed E-state index contributed by atoms with van der Waals surface area (Å²) in [6, 6.07) is 13.1. The van der Waals surface area contributed by atoms with Crippen LogP contribution in [0.4, 0.5) is 4.79 Å². The number of hydrogen-bond acceptors (Lipinski definition) is 4. The molecule has 0 aliphatic heterocycles. The Hall–Kier alpha value is -3.02. The molecule has 0 atom stereocenters. The second-order valence-electron chi connectivity index (χ2n) is 7.49. The van der Waals surface area contributed by atoms with Crippen LogP contribution in [0, 0.1) is 6.92 Å². The SMILES string of the molecule is COc1ccccc1Cn1c(=O)n(C(=O)OC(C)(C)C)c2ccc(C)cc21. The summed E-state index contributed by atoms with van der Waals surface area (Å²) in [6.45, 7) is 7.55. The van der Waals surface area contributed by atoms with Gasteiger partial charge in [0.1, 0.15) is 11.4 Å². The molecule has 0 saturated heterocycles. The normalized spacial score (nSPS) is 11.6. The zero-order valence-corrected chi connectivity index (χ0v) is 16.3. The molecule has 1 aromatic heterocycles. The van der Waals surface area contributed by atoms with Gasteiger partial charge < -0.3 is 9.47 Å². The van der Waals surface area contributed by atoms with Gasteiger partial charge in [-0.15, -0.1) is 0 Å². The first-order valence-electron chi connectivity index (χ1n) is 8.78. The number of benzene rings is 2. The van der Waals surface area contributed by atoms with Crippen LogP contribution in [-0.2, 0) is 11.3 Å². The van der Waals surface area contributed by atoms with Gasteiger partial charge in [-0.25, -0.2) is 9.59 Å². The molecule has 0 fully saturated rings. The fraction of sp³-hybridized carbons (Fsp3) is 0.333. The van der Waals surface area contributed by atoms with E-state index in [2.05, 4.69) is 0 Å². The Kier molecular flexibility index (Phi) is 4.83. The van der Waals surface area contributed by atoms with Gasteiger partial charge in [-0.05, 0) is 51.5 Å². The molecule has 0 bridgehead atoms. The van der Waals surface area contributed by atoms with Crippen molar-refractivity contribution in [2.75, 3.05) is 7.11 Å². The minimum atomic E-state index is -0.696. The van der Waals surface area contributed by atoms with Crippen LogP contribution in [0.2, 0.25) is 0 Å². The number of aromatic nitrogens is 2. The number of fused-ring (bicyclic) bond motifs is 1. The molecule has 3 aromatic rings. The van der Waals surface area contributed by atoms with Crippen molar-refractivity contribution in [2.24, 2.45) is 0 Å². The lowest BCUT2D eigenvalue weighted by Crippen LogP contribution is -2.34. The van der Waals surface area contributed by atoms with Gasteiger partial charge in [0.05, 0.1) is 24.7 Å². The number of nitrogens with zero attached hydrogens (tertiary/aromatic N) is 2. The van der Waals surface area contributed by atoms with E-state index in [1.807, 2.05) is 43.3 Å². The van der Waals surface area contributed by atoms with Crippen LogP contribution >= 0.6 is 0 Å². The second kappa shape index (κ2) is 6.95. The Morgan fingerprint density at radius 1 is 1.07 bits per heavy atom. The maximum atomic E-state index is 13.1. The fourth-order valence-corrected chi connectivity index (χ4v) is 3.01. The predicted octanol–water partition coefficient (Wildman–Crippen LogP) is 3.95. The smallest absolute Gasteiger partial charge is 0.423 e. The van der Waals surface area contributed by atoms with Crippen LogP contribution in [0.1, 0.15) is 31.9 Å². The van der Waals surface area contributed by atoms with Gasteiger partial charge in [0.25, 0.3) is 0 Å². The van der Waals surface area contributed by atoms with Crippen molar-refractivity contribution in [3.63, 3.8) is 0 Å². The molecule has 0 radical (unpaired) electrons. The van der Waals surface area contributed by atoms with Crippen molar-refractivity contribution in [2.45, 2.75) is 39.8 Å². The van der Waals surface area contributed by atoms with Crippen LogP contribution in [-0.4, -0.2) is 27.9 Å². The summed E-state index contributed by atoms with van der Waals surface area (Å²) in [7, 11) is 1.59. The van der Waals surface area contributed by atoms with E-state index >= 15 is 0 Å². The molecule has 2 aromatic carbocycles. The van der Waals surface area contributed by atoms with Crippen molar-refractivity contribution in [1.82, 2.24) is 9.13 Å². The largest absolute Gasteiger partial charge is 0.496 e. The molecule has 6 nitrogen and oxygen atoms in total. The van der Waals surface area contributed by atoms with E-state index in [0.717, 1.165) is 15.7 Å². The summed E-state index contributed by atoms with van der Waals surface area (Å²) >= 11 is 0. The number of methoxy groups -OCH3 is 1. The summed E-state index contributed by atoms with van der Waals surface area (Å²) in [5.41, 5.74) is 1.92. The predicted molar refractivity (Wildman–Crippen MR) is 105 cm³/mol. The van der Waals surface area contributed by atoms with Gasteiger partial charge in [0.15, 0.2) is 0 Å². The maximum absolute atomic E-state index is 13.1. The minimum Gasteiger partial charge on any atom is -0.496 e. The van der Waals surface area contributed by atoms with Crippen molar-refractivity contribution in [1.29, 1.82) is 0 Å². The molecule has 0 amide bonds. The van der Waals surface area contributed by atoms with Crippen LogP contribution in [0.15, 0.2) is 47.3 Å². The second-order valence-corrected chi connectivity index (χ2v) is 7.49. The number of para-hydroxylation sites is 1. The fourth-order valence-electron chi connectivity index (χ4n) is 3.01. The van der Waals surface area contributed by atoms with Gasteiger partial charge in [0.2, 0.25) is 0 Å². The van der Waals surface area contributed by atoms with E-state index in [4.69, 9.17) is 9.47 Å². The molecule has 0 aliphatic rings. The highest BCUT2D eigenvalue weighted by Crippen LogP contribution is 2.22. The first kappa shape index (κ1) is 18.8. The molecule has 3 rings (SSSR count). The van der Waals surface area contributed by atoms with E-state index in [1.165, 1.54) is 0 Å². The van der Waals surface area contributed by atoms with Gasteiger partial charge in [-0.1, -0.05) is 24.3 Å². The molecule has 0 saturated carbocycles. The zero-order chi connectivity index (χ0) is 19.8. The monoisotopic (exact) mass is 368 g/mol. The number of rotatable bonds is 3. The topological polar surface area (TPSA) is 62.5 Å². The van der Waals surface area contributed by atoms with Gasteiger partial charge in [-0.3, -0.25) is 4.57 Å². The lowest BCUT2D eigenvalue weighted by Gasteiger charge is -2.19. The highest BCUT2D eigenvalue weighted by Gasteiger charge is 2.24. The number of imidazole rings is 1. The van der Waals surface area contributed by atoms with Crippen LogP contribution in [0.3, 0.4) is 0 Å². The van der Waals surface area contributed by atoms with Crippen molar-refractivity contribution in [3.05, 3.63) is 64.1 Å². The Balaban J connectivity index is 2.18. The summed E-state index contributed by atoms with van der Waals surface area (Å²) in [4.78, 5) is 25.8. The maximum Gasteiger partial charge on any atom is 0.423 e. The third kappa shape index (κ3) is 3.74. The lowest BCUT2D eigenvalue weighted by molar-refractivity contribution is 0.0537. The Labute approximate surface area is 157 Å². The Morgan fingerprint density at radius 2 is 1.78 bits per heavy atom. The number of hydrogen-bond donors (Lipinski definition) is 0. The Morgan fingerprint density at radius 3 is 2.44 bits per heavy atom. The molecular weight excluding hydrogens is 344 g/mol. The van der Waals surface area contributed by atoms with E-state index in [-0.39, 0.29) is 0 Å². The number of carbonyl (C=O) groups excluding carboxylic acids is 1. The zero-order valence-electron chi connectivity index (χ0n) is 16.3. The third-order valence-electron chi connectivity index (χ3n) is 4.18. The highest BCUT2D eigenvalue weighted by molar-refractivity contribution is 5.87. The summed E-state index contributed by atoms with van der Waals surface area (Å²) in [6.07, 6.45) is -0.680. The molecule has 142 valence electrons. The number of carbonyl (C=O) groups is 1. The van der Waals surface area contributed by atoms with E-state index in [9.17, 15) is 9.59 Å². The van der Waals surface area contributed by atoms with Crippen LogP contribution < -0.4 is 10.4 Å². The molecule has 6 heteroatoms. The van der Waals surface area contributed by atoms with Gasteiger partial charge >= 0.3 is 11.8 Å². The van der Waals surface area contributed by atoms with E-state index < -0.39 is 17.4 Å². The van der Waals surface area contributed by atoms with Gasteiger partial charge in [0, 0.05) is 5.56 Å². The third-order valence-corrected chi connectivity index (χ3v) is 4.18. The standard InChI is InChI=1S/C21H24N2O4/c1-14-10-11-16-17(12-14)22(13-15-8-6-7-9-18(15)26-5)19(24)23(16)20(25)27-21(2,3)4/h6-12H,13H2,1-5H3. The number of aryl methyl sites for hydroxylation is 1. The van der Waals surface area contributed by atoms with E-state index in [0.29, 0.717) is 23.3 Å². The molecule has 27 heavy (non-hydrogen) atoms. The number of ether oxygens (including phenoxy) is 2. The van der Waals surface area contributed by atoms with Crippen molar-refractivity contribution >= 4 is 17.1 Å². The van der Waals surface area contributed by atoms with E-state index in [1.54, 1.807) is 38.5 Å². The molecule has 0 unspecified atom stereocenters. The van der Waals surface area contributed by atoms with Crippen molar-refractivity contribution < 1.29 is 14.3 Å². The first-order valence-corrected chi connectivity index (χ1v) is 8.78. The lowest BCUT2D eigenvalue weighted by atomic mass is 10.2. The van der Waals surface area contributed by atoms with Crippen LogP contribution in [0.5, 0.6) is 5.75 Å². The first-order chi connectivity index (χ1) is 12.7. The molecule has 0 aliphatic carbocycles. The molecule has 0 N–H and O–H groups in total. The molecule has 0 spiro atoms. The quantitative estimate of drug-likeness (QED) is 0.702. The Bertz CT molecular complexity index is 1050. The van der Waals surface area contributed by atoms with Gasteiger partial charge in [-0.2, -0.15) is 4.57 Å².